The summed E-state index contributed by atoms with van der Waals surface area (Å²) in [5, 5.41) is 15.2. The second kappa shape index (κ2) is 7.43. The van der Waals surface area contributed by atoms with Gasteiger partial charge < -0.3 is 10.2 Å². The molecule has 0 saturated heterocycles. The maximum atomic E-state index is 12.8. The van der Waals surface area contributed by atoms with Crippen molar-refractivity contribution in [3.63, 3.8) is 0 Å². The topological polar surface area (TPSA) is 93.0 Å². The molecule has 0 atom stereocenters. The van der Waals surface area contributed by atoms with Gasteiger partial charge in [-0.05, 0) is 48.0 Å². The smallest absolute Gasteiger partial charge is 0.244 e. The van der Waals surface area contributed by atoms with E-state index in [4.69, 9.17) is 0 Å². The minimum atomic E-state index is -0.211. The largest absolute Gasteiger partial charge is 0.323 e. The van der Waals surface area contributed by atoms with Crippen LogP contribution >= 0.6 is 11.8 Å². The number of carbonyl (C=O) groups excluding carboxylic acids is 2. The first-order chi connectivity index (χ1) is 13.5. The van der Waals surface area contributed by atoms with E-state index >= 15 is 0 Å². The third kappa shape index (κ3) is 3.48. The van der Waals surface area contributed by atoms with Gasteiger partial charge in [-0.25, -0.2) is 0 Å². The number of benzene rings is 2. The maximum Gasteiger partial charge on any atom is 0.244 e. The highest BCUT2D eigenvalue weighted by atomic mass is 32.2. The molecule has 0 unspecified atom stereocenters. The third-order valence-corrected chi connectivity index (χ3v) is 5.32. The average molecular weight is 394 g/mol. The van der Waals surface area contributed by atoms with Gasteiger partial charge in [0.05, 0.1) is 22.8 Å². The molecule has 1 N–H and O–H groups in total. The molecule has 2 amide bonds. The third-order valence-electron chi connectivity index (χ3n) is 4.42. The molecule has 142 valence electrons. The van der Waals surface area contributed by atoms with Crippen LogP contribution in [-0.2, 0) is 9.59 Å². The van der Waals surface area contributed by atoms with E-state index in [1.807, 2.05) is 44.2 Å². The summed E-state index contributed by atoms with van der Waals surface area (Å²) < 4.78 is 1.63. The van der Waals surface area contributed by atoms with Crippen LogP contribution in [0, 0.1) is 13.8 Å². The van der Waals surface area contributed by atoms with Crippen molar-refractivity contribution < 1.29 is 9.59 Å². The van der Waals surface area contributed by atoms with Crippen LogP contribution in [-0.4, -0.2) is 44.3 Å². The molecular weight excluding hydrogens is 376 g/mol. The minimum absolute atomic E-state index is 0.00157. The molecule has 28 heavy (non-hydrogen) atoms. The fraction of sp³-hybridized carbons (Fsp3) is 0.211. The number of fused-ring (bicyclic) bond motifs is 1. The number of para-hydroxylation sites is 2. The number of aromatic nitrogens is 4. The summed E-state index contributed by atoms with van der Waals surface area (Å²) in [5.41, 5.74) is 4.40. The summed E-state index contributed by atoms with van der Waals surface area (Å²) in [7, 11) is 0. The Morgan fingerprint density at radius 1 is 1.18 bits per heavy atom. The molecule has 0 radical (unpaired) electrons. The standard InChI is InChI=1S/C19H18N6O2S/c1-12-7-8-15(13(2)9-12)25-19(21-22-23-25)28-11-18(27)24-10-17(26)20-14-5-3-4-6-16(14)24/h3-9H,10-11H2,1-2H3,(H,20,26). The Bertz CT molecular complexity index is 1060. The number of nitrogens with zero attached hydrogens (tertiary/aromatic N) is 5. The van der Waals surface area contributed by atoms with Gasteiger partial charge in [0, 0.05) is 0 Å². The fourth-order valence-corrected chi connectivity index (χ4v) is 3.88. The minimum Gasteiger partial charge on any atom is -0.323 e. The Kier molecular flexibility index (Phi) is 4.82. The van der Waals surface area contributed by atoms with Crippen molar-refractivity contribution in [3.05, 3.63) is 53.6 Å². The Morgan fingerprint density at radius 3 is 2.82 bits per heavy atom. The van der Waals surface area contributed by atoms with Crippen molar-refractivity contribution >= 4 is 35.0 Å². The van der Waals surface area contributed by atoms with E-state index in [0.717, 1.165) is 16.8 Å². The Morgan fingerprint density at radius 2 is 2.00 bits per heavy atom. The van der Waals surface area contributed by atoms with Crippen LogP contribution in [0.25, 0.3) is 5.69 Å². The molecule has 0 aliphatic carbocycles. The number of rotatable bonds is 4. The second-order valence-electron chi connectivity index (χ2n) is 6.50. The quantitative estimate of drug-likeness (QED) is 0.683. The number of aryl methyl sites for hydroxylation is 2. The molecule has 1 aromatic heterocycles. The monoisotopic (exact) mass is 394 g/mol. The summed E-state index contributed by atoms with van der Waals surface area (Å²) in [6, 6.07) is 13.3. The van der Waals surface area contributed by atoms with Gasteiger partial charge in [-0.15, -0.1) is 5.10 Å². The van der Waals surface area contributed by atoms with E-state index in [9.17, 15) is 9.59 Å². The van der Waals surface area contributed by atoms with Crippen molar-refractivity contribution in [2.24, 2.45) is 0 Å². The molecule has 3 aromatic rings. The maximum absolute atomic E-state index is 12.8. The van der Waals surface area contributed by atoms with Gasteiger partial charge in [-0.3, -0.25) is 9.59 Å². The SMILES string of the molecule is Cc1ccc(-n2nnnc2SCC(=O)N2CC(=O)Nc3ccccc32)c(C)c1. The number of nitrogens with one attached hydrogen (secondary N) is 1. The molecule has 2 heterocycles. The van der Waals surface area contributed by atoms with Crippen molar-refractivity contribution in [1.29, 1.82) is 0 Å². The summed E-state index contributed by atoms with van der Waals surface area (Å²) in [6.45, 7) is 4.02. The molecular formula is C19H18N6O2S. The lowest BCUT2D eigenvalue weighted by Gasteiger charge is -2.28. The number of carbonyl (C=O) groups is 2. The van der Waals surface area contributed by atoms with E-state index < -0.39 is 0 Å². The Labute approximate surface area is 165 Å². The van der Waals surface area contributed by atoms with E-state index in [0.29, 0.717) is 16.5 Å². The van der Waals surface area contributed by atoms with Gasteiger partial charge in [0.1, 0.15) is 6.54 Å². The molecule has 0 spiro atoms. The highest BCUT2D eigenvalue weighted by Gasteiger charge is 2.27. The molecule has 8 nitrogen and oxygen atoms in total. The summed E-state index contributed by atoms with van der Waals surface area (Å²) in [4.78, 5) is 26.2. The first kappa shape index (κ1) is 18.2. The number of hydrogen-bond acceptors (Lipinski definition) is 6. The first-order valence-electron chi connectivity index (χ1n) is 8.71. The summed E-state index contributed by atoms with van der Waals surface area (Å²) in [6.07, 6.45) is 0. The zero-order chi connectivity index (χ0) is 19.7. The lowest BCUT2D eigenvalue weighted by molar-refractivity contribution is -0.120. The van der Waals surface area contributed by atoms with Gasteiger partial charge in [0.25, 0.3) is 0 Å². The first-order valence-corrected chi connectivity index (χ1v) is 9.69. The lowest BCUT2D eigenvalue weighted by Crippen LogP contribution is -2.43. The average Bonchev–Trinajstić information content (AvgIpc) is 3.13. The zero-order valence-electron chi connectivity index (χ0n) is 15.4. The number of thioether (sulfide) groups is 1. The van der Waals surface area contributed by atoms with Crippen molar-refractivity contribution in [2.75, 3.05) is 22.5 Å². The molecule has 9 heteroatoms. The molecule has 1 aliphatic heterocycles. The van der Waals surface area contributed by atoms with Crippen LogP contribution < -0.4 is 10.2 Å². The van der Waals surface area contributed by atoms with Crippen molar-refractivity contribution in [3.8, 4) is 5.69 Å². The van der Waals surface area contributed by atoms with E-state index in [-0.39, 0.29) is 24.1 Å². The predicted molar refractivity (Wildman–Crippen MR) is 107 cm³/mol. The van der Waals surface area contributed by atoms with Crippen LogP contribution in [0.3, 0.4) is 0 Å². The molecule has 0 fully saturated rings. The van der Waals surface area contributed by atoms with E-state index in [1.54, 1.807) is 10.7 Å². The van der Waals surface area contributed by atoms with Crippen LogP contribution in [0.2, 0.25) is 0 Å². The van der Waals surface area contributed by atoms with Crippen LogP contribution in [0.4, 0.5) is 11.4 Å². The molecule has 2 aromatic carbocycles. The second-order valence-corrected chi connectivity index (χ2v) is 7.44. The van der Waals surface area contributed by atoms with Gasteiger partial charge in [-0.1, -0.05) is 41.6 Å². The number of tetrazole rings is 1. The molecule has 4 rings (SSSR count). The van der Waals surface area contributed by atoms with Gasteiger partial charge >= 0.3 is 0 Å². The van der Waals surface area contributed by atoms with Gasteiger partial charge in [0.15, 0.2) is 0 Å². The zero-order valence-corrected chi connectivity index (χ0v) is 16.2. The van der Waals surface area contributed by atoms with Crippen molar-refractivity contribution in [1.82, 2.24) is 20.2 Å². The summed E-state index contributed by atoms with van der Waals surface area (Å²) >= 11 is 1.24. The van der Waals surface area contributed by atoms with Gasteiger partial charge in [0.2, 0.25) is 17.0 Å². The highest BCUT2D eigenvalue weighted by Crippen LogP contribution is 2.30. The van der Waals surface area contributed by atoms with Gasteiger partial charge in [-0.2, -0.15) is 4.68 Å². The molecule has 0 bridgehead atoms. The van der Waals surface area contributed by atoms with Crippen LogP contribution in [0.5, 0.6) is 0 Å². The normalized spacial score (nSPS) is 13.2. The number of anilines is 2. The summed E-state index contributed by atoms with van der Waals surface area (Å²) in [5.74, 6) is -0.271. The van der Waals surface area contributed by atoms with Crippen LogP contribution in [0.1, 0.15) is 11.1 Å². The number of hydrogen-bond donors (Lipinski definition) is 1. The molecule has 0 saturated carbocycles. The Balaban J connectivity index is 1.53. The van der Waals surface area contributed by atoms with Crippen LogP contribution in [0.15, 0.2) is 47.6 Å². The number of amides is 2. The van der Waals surface area contributed by atoms with E-state index in [1.165, 1.54) is 16.7 Å². The van der Waals surface area contributed by atoms with Crippen molar-refractivity contribution in [2.45, 2.75) is 19.0 Å². The highest BCUT2D eigenvalue weighted by molar-refractivity contribution is 7.99. The predicted octanol–water partition coefficient (Wildman–Crippen LogP) is 2.36. The fourth-order valence-electron chi connectivity index (χ4n) is 3.12. The van der Waals surface area contributed by atoms with E-state index in [2.05, 4.69) is 26.9 Å². The molecule has 1 aliphatic rings. The lowest BCUT2D eigenvalue weighted by atomic mass is 10.1. The Hall–Kier alpha value is -3.20.